The standard InChI is InChI=1S/C19H25N3O3/c23-15-7-5-14(6-8-15)20-19(24)22-11-9-13(10-12-22)18-21-16-3-1-2-4-17(16)25-18/h1-4,13-15,23H,5-12H2,(H,20,24). The number of nitrogens with one attached hydrogen (secondary N) is 1. The Labute approximate surface area is 147 Å². The Morgan fingerprint density at radius 2 is 1.84 bits per heavy atom. The number of urea groups is 1. The molecule has 1 aliphatic carbocycles. The van der Waals surface area contributed by atoms with E-state index >= 15 is 0 Å². The number of likely N-dealkylation sites (tertiary alicyclic amines) is 1. The summed E-state index contributed by atoms with van der Waals surface area (Å²) in [6, 6.07) is 8.05. The molecule has 2 aliphatic rings. The first kappa shape index (κ1) is 16.4. The van der Waals surface area contributed by atoms with Gasteiger partial charge in [0, 0.05) is 25.0 Å². The van der Waals surface area contributed by atoms with E-state index in [1.165, 1.54) is 0 Å². The third-order valence-electron chi connectivity index (χ3n) is 5.47. The Hall–Kier alpha value is -2.08. The Balaban J connectivity index is 1.31. The van der Waals surface area contributed by atoms with Gasteiger partial charge in [0.2, 0.25) is 0 Å². The van der Waals surface area contributed by atoms with E-state index in [4.69, 9.17) is 4.42 Å². The Bertz CT molecular complexity index is 695. The van der Waals surface area contributed by atoms with Crippen molar-refractivity contribution >= 4 is 17.1 Å². The molecule has 1 aromatic carbocycles. The molecule has 0 spiro atoms. The van der Waals surface area contributed by atoms with Crippen LogP contribution in [0.3, 0.4) is 0 Å². The van der Waals surface area contributed by atoms with E-state index in [1.54, 1.807) is 0 Å². The van der Waals surface area contributed by atoms with Crippen LogP contribution in [0.4, 0.5) is 4.79 Å². The third kappa shape index (κ3) is 3.63. The number of aromatic nitrogens is 1. The minimum Gasteiger partial charge on any atom is -0.440 e. The lowest BCUT2D eigenvalue weighted by Crippen LogP contribution is -2.48. The SMILES string of the molecule is O=C(NC1CCC(O)CC1)N1CCC(c2nc3ccccc3o2)CC1. The first-order valence-corrected chi connectivity index (χ1v) is 9.28. The molecule has 1 aromatic heterocycles. The molecule has 6 nitrogen and oxygen atoms in total. The minimum absolute atomic E-state index is 0.0254. The molecule has 25 heavy (non-hydrogen) atoms. The third-order valence-corrected chi connectivity index (χ3v) is 5.47. The van der Waals surface area contributed by atoms with Crippen molar-refractivity contribution in [2.24, 2.45) is 0 Å². The average Bonchev–Trinajstić information content (AvgIpc) is 3.08. The van der Waals surface area contributed by atoms with E-state index in [1.807, 2.05) is 29.2 Å². The highest BCUT2D eigenvalue weighted by Gasteiger charge is 2.28. The fourth-order valence-corrected chi connectivity index (χ4v) is 3.88. The van der Waals surface area contributed by atoms with Crippen LogP contribution in [0.2, 0.25) is 0 Å². The Kier molecular flexibility index (Phi) is 4.61. The van der Waals surface area contributed by atoms with Gasteiger partial charge in [-0.05, 0) is 50.7 Å². The second-order valence-corrected chi connectivity index (χ2v) is 7.24. The van der Waals surface area contributed by atoms with Crippen LogP contribution < -0.4 is 5.32 Å². The van der Waals surface area contributed by atoms with Gasteiger partial charge in [0.1, 0.15) is 5.52 Å². The normalized spacial score (nSPS) is 25.2. The number of amides is 2. The Morgan fingerprint density at radius 1 is 1.12 bits per heavy atom. The predicted molar refractivity (Wildman–Crippen MR) is 94.4 cm³/mol. The summed E-state index contributed by atoms with van der Waals surface area (Å²) in [7, 11) is 0. The second kappa shape index (κ2) is 7.04. The van der Waals surface area contributed by atoms with Crippen molar-refractivity contribution in [3.05, 3.63) is 30.2 Å². The molecule has 0 bridgehead atoms. The maximum Gasteiger partial charge on any atom is 0.317 e. The summed E-state index contributed by atoms with van der Waals surface area (Å²) in [5.41, 5.74) is 1.73. The zero-order chi connectivity index (χ0) is 17.2. The summed E-state index contributed by atoms with van der Waals surface area (Å²) in [6.07, 6.45) is 4.86. The smallest absolute Gasteiger partial charge is 0.317 e. The molecule has 134 valence electrons. The van der Waals surface area contributed by atoms with Crippen LogP contribution in [-0.2, 0) is 0 Å². The number of benzene rings is 1. The number of para-hydroxylation sites is 2. The fourth-order valence-electron chi connectivity index (χ4n) is 3.88. The molecule has 4 rings (SSSR count). The number of oxazole rings is 1. The molecule has 0 radical (unpaired) electrons. The summed E-state index contributed by atoms with van der Waals surface area (Å²) in [4.78, 5) is 18.9. The molecule has 0 unspecified atom stereocenters. The van der Waals surface area contributed by atoms with Crippen molar-refractivity contribution in [1.82, 2.24) is 15.2 Å². The van der Waals surface area contributed by atoms with Crippen LogP contribution >= 0.6 is 0 Å². The maximum absolute atomic E-state index is 12.4. The molecule has 2 N–H and O–H groups in total. The largest absolute Gasteiger partial charge is 0.440 e. The molecule has 1 aliphatic heterocycles. The molecule has 1 saturated carbocycles. The number of rotatable bonds is 2. The van der Waals surface area contributed by atoms with Gasteiger partial charge >= 0.3 is 6.03 Å². The topological polar surface area (TPSA) is 78.6 Å². The minimum atomic E-state index is -0.194. The number of hydrogen-bond acceptors (Lipinski definition) is 4. The van der Waals surface area contributed by atoms with Crippen LogP contribution in [0.15, 0.2) is 28.7 Å². The number of carbonyl (C=O) groups excluding carboxylic acids is 1. The number of carbonyl (C=O) groups is 1. The second-order valence-electron chi connectivity index (χ2n) is 7.24. The van der Waals surface area contributed by atoms with E-state index in [0.29, 0.717) is 0 Å². The van der Waals surface area contributed by atoms with Gasteiger partial charge in [-0.25, -0.2) is 9.78 Å². The summed E-state index contributed by atoms with van der Waals surface area (Å²) >= 11 is 0. The van der Waals surface area contributed by atoms with Gasteiger partial charge < -0.3 is 19.7 Å². The van der Waals surface area contributed by atoms with Gasteiger partial charge in [0.15, 0.2) is 11.5 Å². The first-order valence-electron chi connectivity index (χ1n) is 9.28. The van der Waals surface area contributed by atoms with Gasteiger partial charge in [-0.3, -0.25) is 0 Å². The van der Waals surface area contributed by atoms with Crippen LogP contribution in [0.25, 0.3) is 11.1 Å². The van der Waals surface area contributed by atoms with E-state index in [9.17, 15) is 9.90 Å². The molecule has 2 amide bonds. The first-order chi connectivity index (χ1) is 12.2. The van der Waals surface area contributed by atoms with Gasteiger partial charge in [-0.1, -0.05) is 12.1 Å². The quantitative estimate of drug-likeness (QED) is 0.878. The van der Waals surface area contributed by atoms with Crippen molar-refractivity contribution in [1.29, 1.82) is 0 Å². The van der Waals surface area contributed by atoms with Gasteiger partial charge in [0.25, 0.3) is 0 Å². The molecule has 1 saturated heterocycles. The summed E-state index contributed by atoms with van der Waals surface area (Å²) in [6.45, 7) is 1.45. The summed E-state index contributed by atoms with van der Waals surface area (Å²) in [5.74, 6) is 1.07. The molecule has 6 heteroatoms. The lowest BCUT2D eigenvalue weighted by molar-refractivity contribution is 0.114. The van der Waals surface area contributed by atoms with E-state index in [0.717, 1.165) is 68.6 Å². The van der Waals surface area contributed by atoms with Crippen molar-refractivity contribution in [3.8, 4) is 0 Å². The molecular formula is C19H25N3O3. The number of aliphatic hydroxyl groups excluding tert-OH is 1. The lowest BCUT2D eigenvalue weighted by atomic mass is 9.93. The highest BCUT2D eigenvalue weighted by atomic mass is 16.3. The summed E-state index contributed by atoms with van der Waals surface area (Å²) in [5, 5.41) is 12.7. The highest BCUT2D eigenvalue weighted by molar-refractivity contribution is 5.74. The lowest BCUT2D eigenvalue weighted by Gasteiger charge is -2.33. The highest BCUT2D eigenvalue weighted by Crippen LogP contribution is 2.30. The monoisotopic (exact) mass is 343 g/mol. The van der Waals surface area contributed by atoms with Gasteiger partial charge in [0.05, 0.1) is 6.10 Å². The van der Waals surface area contributed by atoms with E-state index in [-0.39, 0.29) is 24.1 Å². The van der Waals surface area contributed by atoms with E-state index < -0.39 is 0 Å². The number of nitrogens with zero attached hydrogens (tertiary/aromatic N) is 2. The van der Waals surface area contributed by atoms with Crippen molar-refractivity contribution in [2.45, 2.75) is 56.6 Å². The average molecular weight is 343 g/mol. The predicted octanol–water partition coefficient (Wildman–Crippen LogP) is 3.02. The molecule has 2 heterocycles. The van der Waals surface area contributed by atoms with Crippen LogP contribution in [0, 0.1) is 0 Å². The molecular weight excluding hydrogens is 318 g/mol. The van der Waals surface area contributed by atoms with Crippen LogP contribution in [-0.4, -0.2) is 46.3 Å². The number of aliphatic hydroxyl groups is 1. The van der Waals surface area contributed by atoms with Crippen LogP contribution in [0.5, 0.6) is 0 Å². The summed E-state index contributed by atoms with van der Waals surface area (Å²) < 4.78 is 5.88. The molecule has 2 fully saturated rings. The van der Waals surface area contributed by atoms with Gasteiger partial charge in [-0.2, -0.15) is 0 Å². The number of hydrogen-bond donors (Lipinski definition) is 2. The number of piperidine rings is 1. The van der Waals surface area contributed by atoms with E-state index in [2.05, 4.69) is 10.3 Å². The zero-order valence-electron chi connectivity index (χ0n) is 14.4. The molecule has 0 atom stereocenters. The molecule has 2 aromatic rings. The van der Waals surface area contributed by atoms with Gasteiger partial charge in [-0.15, -0.1) is 0 Å². The zero-order valence-corrected chi connectivity index (χ0v) is 14.4. The fraction of sp³-hybridized carbons (Fsp3) is 0.579. The van der Waals surface area contributed by atoms with Crippen molar-refractivity contribution in [3.63, 3.8) is 0 Å². The van der Waals surface area contributed by atoms with Crippen molar-refractivity contribution < 1.29 is 14.3 Å². The Morgan fingerprint density at radius 3 is 2.56 bits per heavy atom. The van der Waals surface area contributed by atoms with Crippen LogP contribution in [0.1, 0.15) is 50.3 Å². The maximum atomic E-state index is 12.4. The van der Waals surface area contributed by atoms with Crippen molar-refractivity contribution in [2.75, 3.05) is 13.1 Å². The number of fused-ring (bicyclic) bond motifs is 1.